The second-order valence-corrected chi connectivity index (χ2v) is 2.91. The zero-order chi connectivity index (χ0) is 8.97. The van der Waals surface area contributed by atoms with Crippen molar-refractivity contribution in [1.29, 1.82) is 0 Å². The summed E-state index contributed by atoms with van der Waals surface area (Å²) in [7, 11) is 0. The third-order valence-corrected chi connectivity index (χ3v) is 1.94. The van der Waals surface area contributed by atoms with Gasteiger partial charge in [-0.3, -0.25) is 4.79 Å². The molecule has 0 fully saturated rings. The normalized spacial score (nSPS) is 21.9. The van der Waals surface area contributed by atoms with Gasteiger partial charge in [-0.15, -0.1) is 6.58 Å². The molecule has 1 atom stereocenters. The number of rotatable bonds is 4. The summed E-state index contributed by atoms with van der Waals surface area (Å²) < 4.78 is 0. The largest absolute Gasteiger partial charge is 0.272 e. The van der Waals surface area contributed by atoms with Gasteiger partial charge in [-0.25, -0.2) is 5.43 Å². The molecule has 1 aliphatic heterocycles. The molecule has 0 aromatic heterocycles. The van der Waals surface area contributed by atoms with Crippen molar-refractivity contribution >= 4 is 11.6 Å². The molecule has 0 aliphatic carbocycles. The molecule has 0 aromatic carbocycles. The minimum Gasteiger partial charge on any atom is -0.272 e. The molecule has 0 saturated heterocycles. The Labute approximate surface area is 72.5 Å². The van der Waals surface area contributed by atoms with E-state index in [1.54, 1.807) is 6.08 Å². The van der Waals surface area contributed by atoms with Crippen molar-refractivity contribution in [2.24, 2.45) is 11.0 Å². The van der Waals surface area contributed by atoms with Crippen LogP contribution in [0, 0.1) is 5.92 Å². The number of hydrazone groups is 1. The summed E-state index contributed by atoms with van der Waals surface area (Å²) in [6.45, 7) is 5.70. The second kappa shape index (κ2) is 4.04. The zero-order valence-electron chi connectivity index (χ0n) is 7.34. The number of nitrogens with one attached hydrogen (secondary N) is 1. The van der Waals surface area contributed by atoms with Crippen LogP contribution >= 0.6 is 0 Å². The molecule has 0 aromatic rings. The maximum absolute atomic E-state index is 11.2. The Morgan fingerprint density at radius 2 is 2.50 bits per heavy atom. The summed E-state index contributed by atoms with van der Waals surface area (Å²) in [4.78, 5) is 11.2. The summed E-state index contributed by atoms with van der Waals surface area (Å²) >= 11 is 0. The first-order valence-corrected chi connectivity index (χ1v) is 4.26. The minimum absolute atomic E-state index is 0.0124. The number of carbonyl (C=O) groups excluding carboxylic acids is 1. The predicted octanol–water partition coefficient (Wildman–Crippen LogP) is 1.46. The van der Waals surface area contributed by atoms with E-state index in [0.29, 0.717) is 6.42 Å². The zero-order valence-corrected chi connectivity index (χ0v) is 7.34. The van der Waals surface area contributed by atoms with Crippen molar-refractivity contribution in [3.63, 3.8) is 0 Å². The Kier molecular flexibility index (Phi) is 3.02. The molecule has 1 N–H and O–H groups in total. The molecule has 1 heterocycles. The number of carbonyl (C=O) groups is 1. The lowest BCUT2D eigenvalue weighted by molar-refractivity contribution is -0.122. The molecule has 1 rings (SSSR count). The molecule has 0 spiro atoms. The lowest BCUT2D eigenvalue weighted by atomic mass is 9.97. The first-order chi connectivity index (χ1) is 5.79. The first-order valence-electron chi connectivity index (χ1n) is 4.26. The number of amides is 1. The van der Waals surface area contributed by atoms with Crippen LogP contribution in [0.5, 0.6) is 0 Å². The minimum atomic E-state index is -0.0533. The van der Waals surface area contributed by atoms with Crippen molar-refractivity contribution in [3.8, 4) is 0 Å². The van der Waals surface area contributed by atoms with Crippen LogP contribution in [0.25, 0.3) is 0 Å². The maximum Gasteiger partial charge on any atom is 0.249 e. The third kappa shape index (κ3) is 1.72. The van der Waals surface area contributed by atoms with Crippen LogP contribution in [0.2, 0.25) is 0 Å². The molecule has 3 heteroatoms. The maximum atomic E-state index is 11.2. The van der Waals surface area contributed by atoms with Crippen molar-refractivity contribution in [2.45, 2.75) is 26.2 Å². The molecule has 12 heavy (non-hydrogen) atoms. The van der Waals surface area contributed by atoms with Gasteiger partial charge >= 0.3 is 0 Å². The van der Waals surface area contributed by atoms with Gasteiger partial charge in [0.05, 0.1) is 11.6 Å². The SMILES string of the molecule is C=CC[C@H]1C(=O)NN=C1CCC. The van der Waals surface area contributed by atoms with Crippen molar-refractivity contribution in [1.82, 2.24) is 5.43 Å². The fourth-order valence-electron chi connectivity index (χ4n) is 1.33. The van der Waals surface area contributed by atoms with Gasteiger partial charge in [-0.2, -0.15) is 5.10 Å². The topological polar surface area (TPSA) is 41.5 Å². The van der Waals surface area contributed by atoms with E-state index in [-0.39, 0.29) is 11.8 Å². The van der Waals surface area contributed by atoms with E-state index in [0.717, 1.165) is 18.6 Å². The summed E-state index contributed by atoms with van der Waals surface area (Å²) in [5.74, 6) is -0.0409. The summed E-state index contributed by atoms with van der Waals surface area (Å²) in [5.41, 5.74) is 3.46. The van der Waals surface area contributed by atoms with Crippen LogP contribution in [0.1, 0.15) is 26.2 Å². The molecule has 3 nitrogen and oxygen atoms in total. The molecular formula is C9H14N2O. The van der Waals surface area contributed by atoms with Crippen LogP contribution in [-0.4, -0.2) is 11.6 Å². The van der Waals surface area contributed by atoms with E-state index in [2.05, 4.69) is 24.0 Å². The average molecular weight is 166 g/mol. The van der Waals surface area contributed by atoms with Crippen molar-refractivity contribution in [3.05, 3.63) is 12.7 Å². The van der Waals surface area contributed by atoms with Gasteiger partial charge < -0.3 is 0 Å². The predicted molar refractivity (Wildman–Crippen MR) is 48.8 cm³/mol. The number of hydrogen-bond acceptors (Lipinski definition) is 2. The van der Waals surface area contributed by atoms with Crippen LogP contribution < -0.4 is 5.43 Å². The highest BCUT2D eigenvalue weighted by Crippen LogP contribution is 2.15. The second-order valence-electron chi connectivity index (χ2n) is 2.91. The third-order valence-electron chi connectivity index (χ3n) is 1.94. The van der Waals surface area contributed by atoms with Gasteiger partial charge in [-0.05, 0) is 12.8 Å². The van der Waals surface area contributed by atoms with Gasteiger partial charge in [0, 0.05) is 0 Å². The Morgan fingerprint density at radius 1 is 1.75 bits per heavy atom. The van der Waals surface area contributed by atoms with Crippen LogP contribution in [0.4, 0.5) is 0 Å². The highest BCUT2D eigenvalue weighted by Gasteiger charge is 2.27. The lowest BCUT2D eigenvalue weighted by Gasteiger charge is -2.05. The van der Waals surface area contributed by atoms with E-state index in [9.17, 15) is 4.79 Å². The van der Waals surface area contributed by atoms with Crippen molar-refractivity contribution in [2.75, 3.05) is 0 Å². The van der Waals surface area contributed by atoms with Crippen molar-refractivity contribution < 1.29 is 4.79 Å². The summed E-state index contributed by atoms with van der Waals surface area (Å²) in [6.07, 6.45) is 4.39. The molecule has 0 radical (unpaired) electrons. The Hall–Kier alpha value is -1.12. The van der Waals surface area contributed by atoms with E-state index in [4.69, 9.17) is 0 Å². The Bertz CT molecular complexity index is 221. The molecule has 66 valence electrons. The monoisotopic (exact) mass is 166 g/mol. The van der Waals surface area contributed by atoms with Crippen LogP contribution in [0.15, 0.2) is 17.8 Å². The average Bonchev–Trinajstić information content (AvgIpc) is 2.37. The lowest BCUT2D eigenvalue weighted by Crippen LogP contribution is -2.22. The Morgan fingerprint density at radius 3 is 3.08 bits per heavy atom. The number of hydrogen-bond donors (Lipinski definition) is 1. The molecule has 0 unspecified atom stereocenters. The molecular weight excluding hydrogens is 152 g/mol. The molecule has 0 bridgehead atoms. The highest BCUT2D eigenvalue weighted by atomic mass is 16.2. The summed E-state index contributed by atoms with van der Waals surface area (Å²) in [5, 5.41) is 3.98. The molecule has 1 aliphatic rings. The number of nitrogens with zero attached hydrogens (tertiary/aromatic N) is 1. The van der Waals surface area contributed by atoms with Crippen LogP contribution in [-0.2, 0) is 4.79 Å². The smallest absolute Gasteiger partial charge is 0.249 e. The van der Waals surface area contributed by atoms with Gasteiger partial charge in [0.25, 0.3) is 0 Å². The fourth-order valence-corrected chi connectivity index (χ4v) is 1.33. The van der Waals surface area contributed by atoms with E-state index in [1.165, 1.54) is 0 Å². The summed E-state index contributed by atoms with van der Waals surface area (Å²) in [6, 6.07) is 0. The standard InChI is InChI=1S/C9H14N2O/c1-3-5-7-8(6-4-2)10-11-9(7)12/h3,7H,1,4-6H2,2H3,(H,11,12)/t7-/m1/s1. The van der Waals surface area contributed by atoms with Crippen LogP contribution in [0.3, 0.4) is 0 Å². The quantitative estimate of drug-likeness (QED) is 0.631. The fraction of sp³-hybridized carbons (Fsp3) is 0.556. The van der Waals surface area contributed by atoms with Gasteiger partial charge in [0.1, 0.15) is 0 Å². The van der Waals surface area contributed by atoms with Gasteiger partial charge in [0.15, 0.2) is 0 Å². The highest BCUT2D eigenvalue weighted by molar-refractivity contribution is 6.08. The first kappa shape index (κ1) is 8.97. The van der Waals surface area contributed by atoms with Gasteiger partial charge in [0.2, 0.25) is 5.91 Å². The molecule has 0 saturated carbocycles. The van der Waals surface area contributed by atoms with Gasteiger partial charge in [-0.1, -0.05) is 19.4 Å². The van der Waals surface area contributed by atoms with E-state index >= 15 is 0 Å². The van der Waals surface area contributed by atoms with E-state index in [1.807, 2.05) is 0 Å². The van der Waals surface area contributed by atoms with E-state index < -0.39 is 0 Å². The Balaban J connectivity index is 2.60. The molecule has 1 amide bonds. The number of allylic oxidation sites excluding steroid dienone is 1.